The second kappa shape index (κ2) is 2.57. The molecule has 4 nitrogen and oxygen atoms in total. The van der Waals surface area contributed by atoms with Gasteiger partial charge in [0.2, 0.25) is 0 Å². The van der Waals surface area contributed by atoms with Gasteiger partial charge in [-0.15, -0.1) is 0 Å². The van der Waals surface area contributed by atoms with E-state index in [1.807, 2.05) is 0 Å². The van der Waals surface area contributed by atoms with Gasteiger partial charge in [-0.1, -0.05) is 0 Å². The summed E-state index contributed by atoms with van der Waals surface area (Å²) in [5, 5.41) is 8.41. The fraction of sp³-hybridized carbons (Fsp3) is 0. The average molecular weight is 154 g/mol. The van der Waals surface area contributed by atoms with Crippen molar-refractivity contribution in [1.29, 1.82) is 0 Å². The van der Waals surface area contributed by atoms with Crippen molar-refractivity contribution in [2.45, 2.75) is 0 Å². The predicted molar refractivity (Wildman–Crippen MR) is 38.6 cm³/mol. The molecule has 0 fully saturated rings. The Hall–Kier alpha value is -1.23. The fourth-order valence-corrected chi connectivity index (χ4v) is 0.761. The molecule has 0 aliphatic heterocycles. The van der Waals surface area contributed by atoms with E-state index in [0.717, 1.165) is 10.2 Å². The predicted octanol–water partition coefficient (Wildman–Crippen LogP) is -1.83. The van der Waals surface area contributed by atoms with Gasteiger partial charge in [-0.2, -0.15) is 0 Å². The molecule has 0 atom stereocenters. The molecule has 0 amide bonds. The smallest absolute Gasteiger partial charge is 0.338 e. The maximum absolute atomic E-state index is 10.2. The molecule has 1 N–H and O–H groups in total. The quantitative estimate of drug-likeness (QED) is 0.483. The molecule has 0 saturated carbocycles. The molecule has 0 radical (unpaired) electrons. The summed E-state index contributed by atoms with van der Waals surface area (Å²) >= 11 is 0. The van der Waals surface area contributed by atoms with Crippen molar-refractivity contribution in [2.24, 2.45) is 0 Å². The number of hydrogen-bond acceptors (Lipinski definition) is 3. The number of rotatable bonds is 1. The highest BCUT2D eigenvalue weighted by Crippen LogP contribution is 1.88. The molecule has 52 valence electrons. The summed E-state index contributed by atoms with van der Waals surface area (Å²) in [4.78, 5) is 17.8. The van der Waals surface area contributed by atoms with Gasteiger partial charge in [-0.3, -0.25) is 0 Å². The van der Waals surface area contributed by atoms with E-state index in [1.54, 1.807) is 0 Å². The minimum Gasteiger partial charge on any atom is -0.478 e. The second-order valence-electron chi connectivity index (χ2n) is 1.82. The van der Waals surface area contributed by atoms with E-state index in [1.165, 1.54) is 12.4 Å². The zero-order chi connectivity index (χ0) is 7.56. The third-order valence-electron chi connectivity index (χ3n) is 1.03. The van der Waals surface area contributed by atoms with Gasteiger partial charge in [0.1, 0.15) is 0 Å². The number of aromatic nitrogens is 2. The summed E-state index contributed by atoms with van der Waals surface area (Å²) in [7, 11) is 0.752. The molecule has 0 spiro atoms. The van der Waals surface area contributed by atoms with E-state index in [0.29, 0.717) is 5.45 Å². The highest BCUT2D eigenvalue weighted by molar-refractivity contribution is 6.28. The van der Waals surface area contributed by atoms with Crippen LogP contribution in [0.1, 0.15) is 10.4 Å². The minimum absolute atomic E-state index is 0.139. The molecule has 0 bridgehead atoms. The van der Waals surface area contributed by atoms with E-state index in [2.05, 4.69) is 9.97 Å². The average Bonchev–Trinajstić information content (AvgIpc) is 1.88. The summed E-state index contributed by atoms with van der Waals surface area (Å²) in [5.74, 6) is -0.985. The fourth-order valence-electron chi connectivity index (χ4n) is 0.503. The highest BCUT2D eigenvalue weighted by atomic mass is 28.1. The molecule has 0 saturated heterocycles. The monoisotopic (exact) mass is 154 g/mol. The van der Waals surface area contributed by atoms with Gasteiger partial charge in [0.15, 0.2) is 0 Å². The number of nitrogens with zero attached hydrogens (tertiary/aromatic N) is 2. The van der Waals surface area contributed by atoms with Crippen LogP contribution in [-0.2, 0) is 0 Å². The van der Waals surface area contributed by atoms with Crippen molar-refractivity contribution in [3.63, 3.8) is 0 Å². The Morgan fingerprint density at radius 2 is 2.00 bits per heavy atom. The topological polar surface area (TPSA) is 63.1 Å². The molecular weight excluding hydrogens is 148 g/mol. The molecule has 0 aliphatic carbocycles. The lowest BCUT2D eigenvalue weighted by molar-refractivity contribution is 0.0696. The summed E-state index contributed by atoms with van der Waals surface area (Å²) in [6, 6.07) is 0. The van der Waals surface area contributed by atoms with Crippen LogP contribution in [0.15, 0.2) is 12.4 Å². The molecule has 0 aromatic carbocycles. The lowest BCUT2D eigenvalue weighted by Crippen LogP contribution is -2.14. The number of hydrogen-bond donors (Lipinski definition) is 1. The van der Waals surface area contributed by atoms with E-state index in [-0.39, 0.29) is 5.56 Å². The minimum atomic E-state index is -0.985. The Bertz CT molecular complexity index is 246. The standard InChI is InChI=1S/C5H6N2O2Si/c8-4(9)3-1-6-5(10)7-2-3/h1-2H,10H3,(H,8,9). The molecule has 0 aliphatic rings. The van der Waals surface area contributed by atoms with Crippen LogP contribution in [-0.4, -0.2) is 31.3 Å². The Morgan fingerprint density at radius 1 is 1.50 bits per heavy atom. The Morgan fingerprint density at radius 3 is 2.40 bits per heavy atom. The van der Waals surface area contributed by atoms with Crippen molar-refractivity contribution in [1.82, 2.24) is 9.97 Å². The molecule has 1 heterocycles. The number of aromatic carboxylic acids is 1. The summed E-state index contributed by atoms with van der Waals surface area (Å²) in [5.41, 5.74) is 0.851. The zero-order valence-electron chi connectivity index (χ0n) is 5.40. The Kier molecular flexibility index (Phi) is 1.77. The molecule has 10 heavy (non-hydrogen) atoms. The number of carbonyl (C=O) groups is 1. The van der Waals surface area contributed by atoms with Gasteiger partial charge in [0.05, 0.1) is 21.3 Å². The van der Waals surface area contributed by atoms with Crippen molar-refractivity contribution in [3.05, 3.63) is 18.0 Å². The summed E-state index contributed by atoms with van der Waals surface area (Å²) < 4.78 is 0. The molecule has 5 heteroatoms. The Labute approximate surface area is 60.4 Å². The highest BCUT2D eigenvalue weighted by Gasteiger charge is 2.00. The van der Waals surface area contributed by atoms with Gasteiger partial charge in [-0.25, -0.2) is 14.8 Å². The van der Waals surface area contributed by atoms with Crippen molar-refractivity contribution >= 4 is 21.7 Å². The van der Waals surface area contributed by atoms with E-state index in [9.17, 15) is 4.79 Å². The molecular formula is C5H6N2O2Si. The zero-order valence-corrected chi connectivity index (χ0v) is 7.40. The van der Waals surface area contributed by atoms with Crippen LogP contribution in [0.2, 0.25) is 0 Å². The Balaban J connectivity index is 3.00. The molecule has 1 aromatic rings. The van der Waals surface area contributed by atoms with Gasteiger partial charge in [-0.05, 0) is 0 Å². The van der Waals surface area contributed by atoms with Gasteiger partial charge < -0.3 is 5.11 Å². The van der Waals surface area contributed by atoms with E-state index in [4.69, 9.17) is 5.11 Å². The van der Waals surface area contributed by atoms with E-state index < -0.39 is 5.97 Å². The first-order valence-electron chi connectivity index (χ1n) is 2.72. The maximum atomic E-state index is 10.2. The van der Waals surface area contributed by atoms with Crippen LogP contribution in [0.5, 0.6) is 0 Å². The van der Waals surface area contributed by atoms with Crippen LogP contribution in [0, 0.1) is 0 Å². The van der Waals surface area contributed by atoms with Crippen molar-refractivity contribution in [3.8, 4) is 0 Å². The van der Waals surface area contributed by atoms with Gasteiger partial charge in [0, 0.05) is 12.4 Å². The third kappa shape index (κ3) is 1.38. The van der Waals surface area contributed by atoms with Crippen molar-refractivity contribution < 1.29 is 9.90 Å². The summed E-state index contributed by atoms with van der Waals surface area (Å²) in [6.45, 7) is 0. The van der Waals surface area contributed by atoms with Crippen LogP contribution < -0.4 is 5.45 Å². The largest absolute Gasteiger partial charge is 0.478 e. The third-order valence-corrected chi connectivity index (χ3v) is 1.54. The normalized spacial score (nSPS) is 9.60. The first-order chi connectivity index (χ1) is 4.70. The van der Waals surface area contributed by atoms with Crippen LogP contribution >= 0.6 is 0 Å². The summed E-state index contributed by atoms with van der Waals surface area (Å²) in [6.07, 6.45) is 2.63. The molecule has 1 rings (SSSR count). The lowest BCUT2D eigenvalue weighted by Gasteiger charge is -1.91. The van der Waals surface area contributed by atoms with Gasteiger partial charge >= 0.3 is 5.97 Å². The molecule has 0 unspecified atom stereocenters. The SMILES string of the molecule is O=C(O)c1cnc([SiH3])nc1. The van der Waals surface area contributed by atoms with E-state index >= 15 is 0 Å². The first-order valence-corrected chi connectivity index (χ1v) is 3.72. The molecule has 1 aromatic heterocycles. The van der Waals surface area contributed by atoms with Crippen LogP contribution in [0.25, 0.3) is 0 Å². The van der Waals surface area contributed by atoms with Crippen LogP contribution in [0.3, 0.4) is 0 Å². The van der Waals surface area contributed by atoms with Gasteiger partial charge in [0.25, 0.3) is 0 Å². The maximum Gasteiger partial charge on any atom is 0.338 e. The lowest BCUT2D eigenvalue weighted by atomic mass is 10.4. The number of carboxylic acids is 1. The number of carboxylic acid groups (broad SMARTS) is 1. The first kappa shape index (κ1) is 6.88. The van der Waals surface area contributed by atoms with Crippen molar-refractivity contribution in [2.75, 3.05) is 0 Å². The second-order valence-corrected chi connectivity index (χ2v) is 2.72. The van der Waals surface area contributed by atoms with Crippen LogP contribution in [0.4, 0.5) is 0 Å².